The van der Waals surface area contributed by atoms with Crippen LogP contribution < -0.4 is 0 Å². The van der Waals surface area contributed by atoms with Crippen molar-refractivity contribution in [2.45, 2.75) is 13.8 Å². The SMILES string of the molecule is [CH2]c1oc(C)nc1C. The third-order valence-corrected chi connectivity index (χ3v) is 1.000. The van der Waals surface area contributed by atoms with E-state index in [1.165, 1.54) is 0 Å². The molecule has 43 valence electrons. The summed E-state index contributed by atoms with van der Waals surface area (Å²) in [7, 11) is 0. The maximum absolute atomic E-state index is 4.99. The first-order valence-electron chi connectivity index (χ1n) is 2.46. The standard InChI is InChI=1S/C6H8NO/c1-4-5(2)8-6(3)7-4/h2H2,1,3H3. The van der Waals surface area contributed by atoms with E-state index in [1.54, 1.807) is 0 Å². The van der Waals surface area contributed by atoms with Gasteiger partial charge in [0.05, 0.1) is 5.69 Å². The van der Waals surface area contributed by atoms with Crippen molar-refractivity contribution in [1.29, 1.82) is 0 Å². The first-order valence-corrected chi connectivity index (χ1v) is 2.46. The molecule has 0 aliphatic carbocycles. The largest absolute Gasteiger partial charge is 0.446 e. The highest BCUT2D eigenvalue weighted by Crippen LogP contribution is 2.05. The molecule has 1 aromatic heterocycles. The van der Waals surface area contributed by atoms with Gasteiger partial charge in [-0.05, 0) is 6.92 Å². The number of hydrogen-bond donors (Lipinski definition) is 0. The minimum Gasteiger partial charge on any atom is -0.446 e. The van der Waals surface area contributed by atoms with Gasteiger partial charge in [-0.1, -0.05) is 0 Å². The van der Waals surface area contributed by atoms with Crippen LogP contribution in [0.15, 0.2) is 4.42 Å². The Labute approximate surface area is 48.5 Å². The van der Waals surface area contributed by atoms with Gasteiger partial charge in [0, 0.05) is 13.8 Å². The predicted molar refractivity (Wildman–Crippen MR) is 30.4 cm³/mol. The van der Waals surface area contributed by atoms with E-state index in [0.29, 0.717) is 11.7 Å². The lowest BCUT2D eigenvalue weighted by Gasteiger charge is -1.76. The van der Waals surface area contributed by atoms with Crippen LogP contribution >= 0.6 is 0 Å². The van der Waals surface area contributed by atoms with Crippen LogP contribution in [-0.4, -0.2) is 4.98 Å². The lowest BCUT2D eigenvalue weighted by molar-refractivity contribution is 0.505. The van der Waals surface area contributed by atoms with E-state index in [9.17, 15) is 0 Å². The van der Waals surface area contributed by atoms with Gasteiger partial charge in [0.15, 0.2) is 5.89 Å². The highest BCUT2D eigenvalue weighted by molar-refractivity contribution is 5.09. The Morgan fingerprint density at radius 1 is 1.50 bits per heavy atom. The summed E-state index contributed by atoms with van der Waals surface area (Å²) in [6.45, 7) is 7.29. The molecule has 0 bridgehead atoms. The summed E-state index contributed by atoms with van der Waals surface area (Å²) in [6.07, 6.45) is 0. The Balaban J connectivity index is 3.14. The van der Waals surface area contributed by atoms with Crippen LogP contribution in [-0.2, 0) is 0 Å². The number of nitrogens with zero attached hydrogens (tertiary/aromatic N) is 1. The number of aryl methyl sites for hydroxylation is 2. The second-order valence-electron chi connectivity index (χ2n) is 1.74. The lowest BCUT2D eigenvalue weighted by atomic mass is 10.4. The summed E-state index contributed by atoms with van der Waals surface area (Å²) >= 11 is 0. The molecule has 0 saturated carbocycles. The zero-order chi connectivity index (χ0) is 6.15. The molecule has 0 N–H and O–H groups in total. The van der Waals surface area contributed by atoms with Crippen molar-refractivity contribution >= 4 is 0 Å². The van der Waals surface area contributed by atoms with Gasteiger partial charge < -0.3 is 4.42 Å². The minimum atomic E-state index is 0.669. The van der Waals surface area contributed by atoms with Gasteiger partial charge in [-0.3, -0.25) is 0 Å². The second kappa shape index (κ2) is 1.62. The average molecular weight is 110 g/mol. The third-order valence-electron chi connectivity index (χ3n) is 1.000. The lowest BCUT2D eigenvalue weighted by Crippen LogP contribution is -1.71. The number of rotatable bonds is 0. The van der Waals surface area contributed by atoms with Crippen LogP contribution in [0, 0.1) is 20.8 Å². The van der Waals surface area contributed by atoms with Crippen molar-refractivity contribution in [2.75, 3.05) is 0 Å². The molecule has 0 spiro atoms. The number of hydrogen-bond acceptors (Lipinski definition) is 2. The van der Waals surface area contributed by atoms with E-state index >= 15 is 0 Å². The van der Waals surface area contributed by atoms with Crippen LogP contribution in [0.25, 0.3) is 0 Å². The maximum Gasteiger partial charge on any atom is 0.191 e. The first-order chi connectivity index (χ1) is 3.70. The summed E-state index contributed by atoms with van der Waals surface area (Å²) in [5.74, 6) is 1.36. The Hall–Kier alpha value is -0.790. The second-order valence-corrected chi connectivity index (χ2v) is 1.74. The molecule has 1 radical (unpaired) electrons. The van der Waals surface area contributed by atoms with Crippen LogP contribution in [0.2, 0.25) is 0 Å². The number of oxazole rings is 1. The van der Waals surface area contributed by atoms with Crippen molar-refractivity contribution in [3.05, 3.63) is 24.3 Å². The molecule has 0 saturated heterocycles. The number of aromatic nitrogens is 1. The zero-order valence-electron chi connectivity index (χ0n) is 5.06. The molecule has 0 fully saturated rings. The normalized spacial score (nSPS) is 9.88. The maximum atomic E-state index is 4.99. The fraction of sp³-hybridized carbons (Fsp3) is 0.333. The first kappa shape index (κ1) is 5.35. The van der Waals surface area contributed by atoms with Crippen molar-refractivity contribution in [3.8, 4) is 0 Å². The summed E-state index contributed by atoms with van der Waals surface area (Å²) in [5.41, 5.74) is 0.877. The molecule has 0 amide bonds. The molecular formula is C6H8NO. The van der Waals surface area contributed by atoms with Crippen molar-refractivity contribution in [2.24, 2.45) is 0 Å². The predicted octanol–water partition coefficient (Wildman–Crippen LogP) is 1.47. The van der Waals surface area contributed by atoms with Crippen LogP contribution in [0.4, 0.5) is 0 Å². The molecule has 0 atom stereocenters. The van der Waals surface area contributed by atoms with Crippen molar-refractivity contribution in [1.82, 2.24) is 4.98 Å². The molecule has 1 rings (SSSR count). The minimum absolute atomic E-state index is 0.669. The van der Waals surface area contributed by atoms with Gasteiger partial charge in [-0.25, -0.2) is 4.98 Å². The van der Waals surface area contributed by atoms with Gasteiger partial charge >= 0.3 is 0 Å². The Bertz CT molecular complexity index is 171. The molecule has 1 heterocycles. The fourth-order valence-corrected chi connectivity index (χ4v) is 0.573. The van der Waals surface area contributed by atoms with Crippen molar-refractivity contribution < 1.29 is 4.42 Å². The topological polar surface area (TPSA) is 26.0 Å². The van der Waals surface area contributed by atoms with Crippen LogP contribution in [0.5, 0.6) is 0 Å². The molecule has 8 heavy (non-hydrogen) atoms. The molecule has 1 aromatic rings. The molecule has 2 heteroatoms. The highest BCUT2D eigenvalue weighted by atomic mass is 16.4. The Morgan fingerprint density at radius 2 is 2.12 bits per heavy atom. The molecule has 0 aliphatic heterocycles. The molecule has 0 unspecified atom stereocenters. The summed E-state index contributed by atoms with van der Waals surface area (Å²) in [6, 6.07) is 0. The fourth-order valence-electron chi connectivity index (χ4n) is 0.573. The van der Waals surface area contributed by atoms with Gasteiger partial charge in [-0.15, -0.1) is 0 Å². The quantitative estimate of drug-likeness (QED) is 0.505. The van der Waals surface area contributed by atoms with Gasteiger partial charge in [0.25, 0.3) is 0 Å². The van der Waals surface area contributed by atoms with Crippen LogP contribution in [0.3, 0.4) is 0 Å². The highest BCUT2D eigenvalue weighted by Gasteiger charge is 1.97. The monoisotopic (exact) mass is 110 g/mol. The third kappa shape index (κ3) is 0.735. The molecule has 0 aliphatic rings. The van der Waals surface area contributed by atoms with E-state index in [0.717, 1.165) is 5.69 Å². The van der Waals surface area contributed by atoms with Crippen LogP contribution in [0.1, 0.15) is 17.3 Å². The zero-order valence-corrected chi connectivity index (χ0v) is 5.06. The Kier molecular flexibility index (Phi) is 1.08. The Morgan fingerprint density at radius 3 is 2.25 bits per heavy atom. The van der Waals surface area contributed by atoms with Gasteiger partial charge in [0.2, 0.25) is 0 Å². The van der Waals surface area contributed by atoms with E-state index in [1.807, 2.05) is 13.8 Å². The molecular weight excluding hydrogens is 102 g/mol. The summed E-state index contributed by atoms with van der Waals surface area (Å²) in [4.78, 5) is 3.98. The van der Waals surface area contributed by atoms with E-state index in [2.05, 4.69) is 11.9 Å². The summed E-state index contributed by atoms with van der Waals surface area (Å²) in [5, 5.41) is 0. The average Bonchev–Trinajstić information content (AvgIpc) is 1.85. The van der Waals surface area contributed by atoms with E-state index in [-0.39, 0.29) is 0 Å². The van der Waals surface area contributed by atoms with Gasteiger partial charge in [0.1, 0.15) is 5.76 Å². The summed E-state index contributed by atoms with van der Waals surface area (Å²) < 4.78 is 4.99. The molecule has 2 nitrogen and oxygen atoms in total. The smallest absolute Gasteiger partial charge is 0.191 e. The molecule has 0 aromatic carbocycles. The van der Waals surface area contributed by atoms with Gasteiger partial charge in [-0.2, -0.15) is 0 Å². The van der Waals surface area contributed by atoms with E-state index < -0.39 is 0 Å². The van der Waals surface area contributed by atoms with E-state index in [4.69, 9.17) is 4.42 Å². The van der Waals surface area contributed by atoms with Crippen molar-refractivity contribution in [3.63, 3.8) is 0 Å².